The van der Waals surface area contributed by atoms with Crippen LogP contribution in [0, 0.1) is 0 Å². The highest BCUT2D eigenvalue weighted by molar-refractivity contribution is 9.10. The molecule has 1 aromatic heterocycles. The van der Waals surface area contributed by atoms with Crippen molar-refractivity contribution in [2.24, 2.45) is 4.99 Å². The number of benzene rings is 4. The fraction of sp³-hybridized carbons (Fsp3) is 0.171. The maximum absolute atomic E-state index is 14.3. The number of nitrogens with zero attached hydrogens (tertiary/aromatic N) is 2. The van der Waals surface area contributed by atoms with E-state index in [0.29, 0.717) is 33.0 Å². The first kappa shape index (κ1) is 30.1. The lowest BCUT2D eigenvalue weighted by Gasteiger charge is -2.24. The van der Waals surface area contributed by atoms with E-state index >= 15 is 0 Å². The highest BCUT2D eigenvalue weighted by Crippen LogP contribution is 2.33. The van der Waals surface area contributed by atoms with Crippen molar-refractivity contribution in [1.29, 1.82) is 0 Å². The summed E-state index contributed by atoms with van der Waals surface area (Å²) >= 11 is 6.42. The molecule has 4 aromatic carbocycles. The fourth-order valence-electron chi connectivity index (χ4n) is 5.32. The summed E-state index contributed by atoms with van der Waals surface area (Å²) in [5, 5.41) is 2.01. The number of carbonyl (C=O) groups excluding carboxylic acids is 1. The van der Waals surface area contributed by atoms with Gasteiger partial charge in [0, 0.05) is 14.9 Å². The zero-order valence-corrected chi connectivity index (χ0v) is 27.6. The molecule has 0 saturated carbocycles. The van der Waals surface area contributed by atoms with E-state index in [-0.39, 0.29) is 12.2 Å². The number of fused-ring (bicyclic) bond motifs is 2. The van der Waals surface area contributed by atoms with E-state index in [1.165, 1.54) is 11.3 Å². The van der Waals surface area contributed by atoms with Crippen molar-refractivity contribution in [2.75, 3.05) is 12.9 Å². The quantitative estimate of drug-likeness (QED) is 0.130. The third-order valence-corrected chi connectivity index (χ3v) is 9.72. The number of allylic oxidation sites excluding steroid dienone is 1. The third kappa shape index (κ3) is 5.92. The van der Waals surface area contributed by atoms with E-state index in [1.807, 2.05) is 97.3 Å². The van der Waals surface area contributed by atoms with Crippen LogP contribution in [0.4, 0.5) is 0 Å². The van der Waals surface area contributed by atoms with Gasteiger partial charge in [-0.15, -0.1) is 11.8 Å². The number of halogens is 1. The van der Waals surface area contributed by atoms with Gasteiger partial charge < -0.3 is 9.47 Å². The molecule has 0 spiro atoms. The first-order chi connectivity index (χ1) is 21.4. The molecule has 0 unspecified atom stereocenters. The zero-order chi connectivity index (χ0) is 30.8. The van der Waals surface area contributed by atoms with Crippen molar-refractivity contribution < 1.29 is 14.3 Å². The fourth-order valence-corrected chi connectivity index (χ4v) is 7.02. The summed E-state index contributed by atoms with van der Waals surface area (Å²) in [7, 11) is 0. The Kier molecular flexibility index (Phi) is 8.88. The zero-order valence-electron chi connectivity index (χ0n) is 24.4. The monoisotopic (exact) mass is 684 g/mol. The molecule has 2 heterocycles. The lowest BCUT2D eigenvalue weighted by atomic mass is 9.96. The molecule has 6 rings (SSSR count). The molecule has 1 atom stereocenters. The van der Waals surface area contributed by atoms with E-state index in [9.17, 15) is 9.59 Å². The van der Waals surface area contributed by atoms with Gasteiger partial charge in [0.25, 0.3) is 5.56 Å². The molecule has 6 nitrogen and oxygen atoms in total. The Balaban J connectivity index is 1.51. The first-order valence-electron chi connectivity index (χ1n) is 14.1. The molecule has 0 bridgehead atoms. The Morgan fingerprint density at radius 1 is 1.05 bits per heavy atom. The van der Waals surface area contributed by atoms with Crippen LogP contribution in [-0.2, 0) is 16.1 Å². The van der Waals surface area contributed by atoms with E-state index in [2.05, 4.69) is 15.9 Å². The lowest BCUT2D eigenvalue weighted by Crippen LogP contribution is -2.39. The Bertz CT molecular complexity index is 2080. The van der Waals surface area contributed by atoms with Gasteiger partial charge in [-0.1, -0.05) is 81.9 Å². The molecule has 5 aromatic rings. The third-order valence-electron chi connectivity index (χ3n) is 7.46. The normalized spacial score (nSPS) is 14.8. The number of thioether (sulfide) groups is 1. The second-order valence-electron chi connectivity index (χ2n) is 10.2. The van der Waals surface area contributed by atoms with Gasteiger partial charge in [0.2, 0.25) is 0 Å². The van der Waals surface area contributed by atoms with Crippen molar-refractivity contribution in [3.8, 4) is 5.75 Å². The average Bonchev–Trinajstić information content (AvgIpc) is 3.34. The van der Waals surface area contributed by atoms with E-state index in [1.54, 1.807) is 30.2 Å². The molecule has 0 fully saturated rings. The molecular formula is C35H29BrN2O4S2. The minimum atomic E-state index is -0.663. The molecule has 0 amide bonds. The summed E-state index contributed by atoms with van der Waals surface area (Å²) in [4.78, 5) is 33.9. The van der Waals surface area contributed by atoms with Crippen molar-refractivity contribution in [3.05, 3.63) is 137 Å². The number of carbonyl (C=O) groups is 1. The highest BCUT2D eigenvalue weighted by Gasteiger charge is 2.33. The largest absolute Gasteiger partial charge is 0.488 e. The van der Waals surface area contributed by atoms with Gasteiger partial charge in [-0.05, 0) is 78.4 Å². The second-order valence-corrected chi connectivity index (χ2v) is 13.0. The Labute approximate surface area is 271 Å². The van der Waals surface area contributed by atoms with Crippen LogP contribution in [0.1, 0.15) is 36.6 Å². The van der Waals surface area contributed by atoms with Crippen LogP contribution < -0.4 is 19.6 Å². The SMILES string of the molecule is CCOC(=O)C1=C(C)N=c2s/c(=C\c3c(OCc4ccc(Br)cc4)ccc4ccccc34)c(=O)n2[C@H]1c1ccc(SC)cc1. The molecule has 0 aliphatic carbocycles. The number of esters is 1. The molecule has 222 valence electrons. The molecule has 1 aliphatic rings. The van der Waals surface area contributed by atoms with Crippen LogP contribution in [0.5, 0.6) is 5.75 Å². The Hall–Kier alpha value is -3.92. The number of aromatic nitrogens is 1. The Morgan fingerprint density at radius 2 is 1.80 bits per heavy atom. The van der Waals surface area contributed by atoms with Crippen LogP contribution >= 0.6 is 39.0 Å². The van der Waals surface area contributed by atoms with E-state index < -0.39 is 12.0 Å². The summed E-state index contributed by atoms with van der Waals surface area (Å²) in [6.07, 6.45) is 3.90. The predicted octanol–water partition coefficient (Wildman–Crippen LogP) is 7.01. The van der Waals surface area contributed by atoms with Crippen LogP contribution in [0.2, 0.25) is 0 Å². The first-order valence-corrected chi connectivity index (χ1v) is 16.9. The standard InChI is InChI=1S/C35H29BrN2O4S2/c1-4-41-34(40)31-21(2)37-35-38(32(31)24-11-16-26(43-3)17-12-24)33(39)30(44-35)19-28-27-8-6-5-7-23(27)13-18-29(28)42-20-22-9-14-25(36)15-10-22/h5-19,32H,4,20H2,1-3H3/b30-19-/t32-/m0/s1. The minimum absolute atomic E-state index is 0.224. The van der Waals surface area contributed by atoms with E-state index in [4.69, 9.17) is 14.5 Å². The predicted molar refractivity (Wildman–Crippen MR) is 181 cm³/mol. The van der Waals surface area contributed by atoms with Gasteiger partial charge in [-0.25, -0.2) is 9.79 Å². The van der Waals surface area contributed by atoms with Crippen molar-refractivity contribution in [1.82, 2.24) is 4.57 Å². The lowest BCUT2D eigenvalue weighted by molar-refractivity contribution is -0.139. The van der Waals surface area contributed by atoms with Gasteiger partial charge in [0.05, 0.1) is 28.5 Å². The topological polar surface area (TPSA) is 69.9 Å². The Morgan fingerprint density at radius 3 is 2.52 bits per heavy atom. The van der Waals surface area contributed by atoms with Crippen molar-refractivity contribution in [2.45, 2.75) is 31.4 Å². The molecular weight excluding hydrogens is 656 g/mol. The second kappa shape index (κ2) is 13.0. The van der Waals surface area contributed by atoms with Crippen LogP contribution in [-0.4, -0.2) is 23.4 Å². The number of hydrogen-bond donors (Lipinski definition) is 0. The number of hydrogen-bond acceptors (Lipinski definition) is 7. The van der Waals surface area contributed by atoms with Crippen LogP contribution in [0.15, 0.2) is 115 Å². The molecule has 9 heteroatoms. The molecule has 1 aliphatic heterocycles. The summed E-state index contributed by atoms with van der Waals surface area (Å²) in [6.45, 7) is 4.17. The highest BCUT2D eigenvalue weighted by atomic mass is 79.9. The van der Waals surface area contributed by atoms with Gasteiger partial charge in [-0.2, -0.15) is 0 Å². The number of rotatable bonds is 8. The summed E-state index contributed by atoms with van der Waals surface area (Å²) in [6, 6.07) is 27.3. The van der Waals surface area contributed by atoms with Crippen LogP contribution in [0.25, 0.3) is 16.8 Å². The molecule has 0 N–H and O–H groups in total. The van der Waals surface area contributed by atoms with Gasteiger partial charge >= 0.3 is 5.97 Å². The van der Waals surface area contributed by atoms with Crippen molar-refractivity contribution in [3.63, 3.8) is 0 Å². The molecule has 44 heavy (non-hydrogen) atoms. The van der Waals surface area contributed by atoms with Gasteiger partial charge in [0.1, 0.15) is 12.4 Å². The smallest absolute Gasteiger partial charge is 0.338 e. The minimum Gasteiger partial charge on any atom is -0.488 e. The number of ether oxygens (including phenoxy) is 2. The van der Waals surface area contributed by atoms with Gasteiger partial charge in [0.15, 0.2) is 4.80 Å². The average molecular weight is 686 g/mol. The maximum Gasteiger partial charge on any atom is 0.338 e. The van der Waals surface area contributed by atoms with Crippen molar-refractivity contribution >= 4 is 61.8 Å². The summed E-state index contributed by atoms with van der Waals surface area (Å²) in [5.41, 5.74) is 3.34. The van der Waals surface area contributed by atoms with E-state index in [0.717, 1.165) is 36.8 Å². The molecule has 0 radical (unpaired) electrons. The number of thiazole rings is 1. The van der Waals surface area contributed by atoms with Gasteiger partial charge in [-0.3, -0.25) is 9.36 Å². The summed E-state index contributed by atoms with van der Waals surface area (Å²) < 4.78 is 14.9. The maximum atomic E-state index is 14.3. The van der Waals surface area contributed by atoms with Crippen LogP contribution in [0.3, 0.4) is 0 Å². The summed E-state index contributed by atoms with van der Waals surface area (Å²) in [5.74, 6) is 0.199. The molecule has 0 saturated heterocycles.